The van der Waals surface area contributed by atoms with E-state index in [2.05, 4.69) is 15.3 Å². The Balaban J connectivity index is 2.24. The Labute approximate surface area is 98.1 Å². The third-order valence-corrected chi connectivity index (χ3v) is 2.28. The Kier molecular flexibility index (Phi) is 3.09. The largest absolute Gasteiger partial charge is 0.455 e. The predicted molar refractivity (Wildman–Crippen MR) is 64.0 cm³/mol. The molecule has 0 saturated heterocycles. The lowest BCUT2D eigenvalue weighted by Gasteiger charge is -1.97. The van der Waals surface area contributed by atoms with Gasteiger partial charge in [0.25, 0.3) is 0 Å². The van der Waals surface area contributed by atoms with E-state index in [4.69, 9.17) is 4.42 Å². The van der Waals surface area contributed by atoms with Crippen molar-refractivity contribution in [1.82, 2.24) is 5.43 Å². The Morgan fingerprint density at radius 3 is 2.88 bits per heavy atom. The molecule has 0 spiro atoms. The van der Waals surface area contributed by atoms with E-state index in [9.17, 15) is 4.79 Å². The van der Waals surface area contributed by atoms with Gasteiger partial charge in [0.15, 0.2) is 5.76 Å². The Morgan fingerprint density at radius 1 is 1.41 bits per heavy atom. The standard InChI is InChI=1S/C12H12N2O3/c1-8(13-14-12(15)16-2)11-7-9-5-3-4-6-10(9)17-11/h3-7H,1-2H3,(H,14,15). The highest BCUT2D eigenvalue weighted by molar-refractivity contribution is 6.00. The van der Waals surface area contributed by atoms with Gasteiger partial charge in [-0.2, -0.15) is 5.10 Å². The highest BCUT2D eigenvalue weighted by atomic mass is 16.5. The van der Waals surface area contributed by atoms with Crippen molar-refractivity contribution in [2.75, 3.05) is 7.11 Å². The number of nitrogens with zero attached hydrogens (tertiary/aromatic N) is 1. The van der Waals surface area contributed by atoms with Crippen LogP contribution in [0.1, 0.15) is 12.7 Å². The smallest absolute Gasteiger partial charge is 0.427 e. The number of furan rings is 1. The van der Waals surface area contributed by atoms with E-state index < -0.39 is 6.09 Å². The number of carbonyl (C=O) groups is 1. The molecule has 0 bridgehead atoms. The molecule has 1 aromatic carbocycles. The molecule has 0 unspecified atom stereocenters. The number of methoxy groups -OCH3 is 1. The highest BCUT2D eigenvalue weighted by Crippen LogP contribution is 2.19. The van der Waals surface area contributed by atoms with Crippen LogP contribution in [0.2, 0.25) is 0 Å². The lowest BCUT2D eigenvalue weighted by molar-refractivity contribution is 0.171. The molecule has 2 aromatic rings. The highest BCUT2D eigenvalue weighted by Gasteiger charge is 2.06. The Bertz CT molecular complexity index is 539. The van der Waals surface area contributed by atoms with Crippen molar-refractivity contribution >= 4 is 22.8 Å². The minimum atomic E-state index is -0.611. The van der Waals surface area contributed by atoms with Gasteiger partial charge >= 0.3 is 6.09 Å². The Hall–Kier alpha value is -2.30. The second kappa shape index (κ2) is 4.69. The number of carbonyl (C=O) groups excluding carboxylic acids is 1. The third-order valence-electron chi connectivity index (χ3n) is 2.28. The van der Waals surface area contributed by atoms with Crippen molar-refractivity contribution in [2.24, 2.45) is 5.10 Å². The minimum Gasteiger partial charge on any atom is -0.455 e. The van der Waals surface area contributed by atoms with Crippen LogP contribution >= 0.6 is 0 Å². The van der Waals surface area contributed by atoms with E-state index in [0.29, 0.717) is 11.5 Å². The summed E-state index contributed by atoms with van der Waals surface area (Å²) in [4.78, 5) is 10.8. The number of benzene rings is 1. The maximum atomic E-state index is 10.8. The molecule has 0 aliphatic carbocycles. The first-order chi connectivity index (χ1) is 8.20. The van der Waals surface area contributed by atoms with E-state index >= 15 is 0 Å². The van der Waals surface area contributed by atoms with Crippen LogP contribution in [0.15, 0.2) is 39.9 Å². The zero-order chi connectivity index (χ0) is 12.3. The fraction of sp³-hybridized carbons (Fsp3) is 0.167. The lowest BCUT2D eigenvalue weighted by Crippen LogP contribution is -2.18. The van der Waals surface area contributed by atoms with E-state index in [1.807, 2.05) is 30.3 Å². The van der Waals surface area contributed by atoms with E-state index in [1.54, 1.807) is 6.92 Å². The van der Waals surface area contributed by atoms with Gasteiger partial charge in [-0.1, -0.05) is 18.2 Å². The molecular weight excluding hydrogens is 220 g/mol. The van der Waals surface area contributed by atoms with Gasteiger partial charge in [0, 0.05) is 5.39 Å². The zero-order valence-electron chi connectivity index (χ0n) is 9.56. The van der Waals surface area contributed by atoms with Crippen molar-refractivity contribution in [3.8, 4) is 0 Å². The number of para-hydroxylation sites is 1. The van der Waals surface area contributed by atoms with Crippen LogP contribution in [-0.4, -0.2) is 18.9 Å². The fourth-order valence-electron chi connectivity index (χ4n) is 1.39. The molecule has 1 heterocycles. The summed E-state index contributed by atoms with van der Waals surface area (Å²) in [5.74, 6) is 0.614. The van der Waals surface area contributed by atoms with Gasteiger partial charge in [0.2, 0.25) is 0 Å². The number of ether oxygens (including phenoxy) is 1. The quantitative estimate of drug-likeness (QED) is 0.639. The maximum absolute atomic E-state index is 10.8. The summed E-state index contributed by atoms with van der Waals surface area (Å²) >= 11 is 0. The number of amides is 1. The lowest BCUT2D eigenvalue weighted by atomic mass is 10.2. The van der Waals surface area contributed by atoms with Crippen molar-refractivity contribution < 1.29 is 13.9 Å². The minimum absolute atomic E-state index is 0.576. The summed E-state index contributed by atoms with van der Waals surface area (Å²) in [6.45, 7) is 1.74. The van der Waals surface area contributed by atoms with Gasteiger partial charge in [0.1, 0.15) is 11.3 Å². The first-order valence-electron chi connectivity index (χ1n) is 5.08. The van der Waals surface area contributed by atoms with Gasteiger partial charge < -0.3 is 9.15 Å². The van der Waals surface area contributed by atoms with Crippen molar-refractivity contribution in [1.29, 1.82) is 0 Å². The van der Waals surface area contributed by atoms with Gasteiger partial charge in [-0.05, 0) is 19.1 Å². The monoisotopic (exact) mass is 232 g/mol. The molecule has 0 aliphatic rings. The predicted octanol–water partition coefficient (Wildman–Crippen LogP) is 2.51. The molecule has 1 amide bonds. The van der Waals surface area contributed by atoms with Gasteiger partial charge in [-0.3, -0.25) is 0 Å². The summed E-state index contributed by atoms with van der Waals surface area (Å²) in [6, 6.07) is 9.52. The second-order valence-electron chi connectivity index (χ2n) is 3.45. The molecule has 0 fully saturated rings. The summed E-state index contributed by atoms with van der Waals surface area (Å²) in [5, 5.41) is 4.85. The Morgan fingerprint density at radius 2 is 2.18 bits per heavy atom. The first kappa shape index (κ1) is 11.2. The zero-order valence-corrected chi connectivity index (χ0v) is 9.56. The van der Waals surface area contributed by atoms with Crippen LogP contribution in [0.25, 0.3) is 11.0 Å². The number of hydrazone groups is 1. The molecule has 2 rings (SSSR count). The molecule has 5 heteroatoms. The van der Waals surface area contributed by atoms with Crippen LogP contribution in [-0.2, 0) is 4.74 Å². The van der Waals surface area contributed by atoms with Crippen molar-refractivity contribution in [2.45, 2.75) is 6.92 Å². The topological polar surface area (TPSA) is 63.8 Å². The number of hydrogen-bond acceptors (Lipinski definition) is 4. The van der Waals surface area contributed by atoms with Crippen LogP contribution in [0, 0.1) is 0 Å². The number of fused-ring (bicyclic) bond motifs is 1. The van der Waals surface area contributed by atoms with Crippen LogP contribution < -0.4 is 5.43 Å². The first-order valence-corrected chi connectivity index (χ1v) is 5.08. The fourth-order valence-corrected chi connectivity index (χ4v) is 1.39. The molecule has 1 N–H and O–H groups in total. The summed E-state index contributed by atoms with van der Waals surface area (Å²) in [7, 11) is 1.28. The normalized spacial score (nSPS) is 11.5. The molecule has 0 saturated carbocycles. The molecule has 1 aromatic heterocycles. The molecule has 0 aliphatic heterocycles. The average Bonchev–Trinajstić information content (AvgIpc) is 2.79. The third kappa shape index (κ3) is 2.44. The molecular formula is C12H12N2O3. The summed E-state index contributed by atoms with van der Waals surface area (Å²) in [5.41, 5.74) is 3.60. The maximum Gasteiger partial charge on any atom is 0.427 e. The second-order valence-corrected chi connectivity index (χ2v) is 3.45. The van der Waals surface area contributed by atoms with E-state index in [1.165, 1.54) is 7.11 Å². The summed E-state index contributed by atoms with van der Waals surface area (Å²) < 4.78 is 9.98. The molecule has 17 heavy (non-hydrogen) atoms. The molecule has 0 atom stereocenters. The van der Waals surface area contributed by atoms with Crippen LogP contribution in [0.3, 0.4) is 0 Å². The molecule has 0 radical (unpaired) electrons. The average molecular weight is 232 g/mol. The van der Waals surface area contributed by atoms with Crippen LogP contribution in [0.4, 0.5) is 4.79 Å². The van der Waals surface area contributed by atoms with Crippen LogP contribution in [0.5, 0.6) is 0 Å². The number of hydrogen-bond donors (Lipinski definition) is 1. The van der Waals surface area contributed by atoms with Gasteiger partial charge in [-0.25, -0.2) is 10.2 Å². The van der Waals surface area contributed by atoms with Crippen molar-refractivity contribution in [3.63, 3.8) is 0 Å². The number of nitrogens with one attached hydrogen (secondary N) is 1. The van der Waals surface area contributed by atoms with Crippen molar-refractivity contribution in [3.05, 3.63) is 36.1 Å². The van der Waals surface area contributed by atoms with Gasteiger partial charge in [0.05, 0.1) is 7.11 Å². The van der Waals surface area contributed by atoms with Gasteiger partial charge in [-0.15, -0.1) is 0 Å². The SMILES string of the molecule is COC(=O)NN=C(C)c1cc2ccccc2o1. The van der Waals surface area contributed by atoms with E-state index in [-0.39, 0.29) is 0 Å². The van der Waals surface area contributed by atoms with E-state index in [0.717, 1.165) is 11.0 Å². The summed E-state index contributed by atoms with van der Waals surface area (Å²) in [6.07, 6.45) is -0.611. The number of rotatable bonds is 2. The molecule has 5 nitrogen and oxygen atoms in total. The molecule has 88 valence electrons.